The van der Waals surface area contributed by atoms with E-state index < -0.39 is 0 Å². The minimum atomic E-state index is -0.176. The van der Waals surface area contributed by atoms with E-state index in [0.29, 0.717) is 5.56 Å². The van der Waals surface area contributed by atoms with Gasteiger partial charge in [0.15, 0.2) is 0 Å². The number of aromatic nitrogens is 2. The van der Waals surface area contributed by atoms with Gasteiger partial charge in [0, 0.05) is 29.3 Å². The number of nitrogens with zero attached hydrogens (tertiary/aromatic N) is 2. The number of rotatable bonds is 5. The molecule has 1 N–H and O–H groups in total. The molecule has 1 heterocycles. The molecular formula is C14H17BrFN3. The predicted octanol–water partition coefficient (Wildman–Crippen LogP) is 3.22. The molecule has 1 aromatic heterocycles. The summed E-state index contributed by atoms with van der Waals surface area (Å²) in [5.41, 5.74) is 1.86. The van der Waals surface area contributed by atoms with Crippen LogP contribution in [0.3, 0.4) is 0 Å². The number of benzene rings is 1. The Bertz CT molecular complexity index is 553. The van der Waals surface area contributed by atoms with Gasteiger partial charge in [0.25, 0.3) is 0 Å². The van der Waals surface area contributed by atoms with Crippen molar-refractivity contribution in [2.75, 3.05) is 6.54 Å². The van der Waals surface area contributed by atoms with Crippen LogP contribution in [0.4, 0.5) is 4.39 Å². The Morgan fingerprint density at radius 2 is 2.26 bits per heavy atom. The highest BCUT2D eigenvalue weighted by Crippen LogP contribution is 2.21. The topological polar surface area (TPSA) is 29.9 Å². The molecule has 0 aliphatic heterocycles. The SMILES string of the molecule is CC(NCCc1cnn(C)c1)c1cc(Br)ccc1F. The van der Waals surface area contributed by atoms with E-state index in [9.17, 15) is 4.39 Å². The highest BCUT2D eigenvalue weighted by Gasteiger charge is 2.10. The summed E-state index contributed by atoms with van der Waals surface area (Å²) in [7, 11) is 1.90. The van der Waals surface area contributed by atoms with Gasteiger partial charge in [0.1, 0.15) is 5.82 Å². The molecule has 0 radical (unpaired) electrons. The zero-order chi connectivity index (χ0) is 13.8. The number of nitrogens with one attached hydrogen (secondary N) is 1. The van der Waals surface area contributed by atoms with Crippen molar-refractivity contribution in [2.24, 2.45) is 7.05 Å². The first kappa shape index (κ1) is 14.2. The normalized spacial score (nSPS) is 12.6. The molecular weight excluding hydrogens is 309 g/mol. The first-order valence-corrected chi connectivity index (χ1v) is 7.01. The zero-order valence-electron chi connectivity index (χ0n) is 11.0. The molecule has 102 valence electrons. The molecule has 0 aliphatic rings. The maximum Gasteiger partial charge on any atom is 0.128 e. The van der Waals surface area contributed by atoms with E-state index in [1.165, 1.54) is 11.6 Å². The molecule has 1 aromatic carbocycles. The standard InChI is InChI=1S/C14H17BrFN3/c1-10(13-7-12(15)3-4-14(13)16)17-6-5-11-8-18-19(2)9-11/h3-4,7-10,17H,5-6H2,1-2H3. The molecule has 0 saturated carbocycles. The van der Waals surface area contributed by atoms with Crippen molar-refractivity contribution in [3.63, 3.8) is 0 Å². The van der Waals surface area contributed by atoms with Crippen molar-refractivity contribution in [3.05, 3.63) is 52.0 Å². The van der Waals surface area contributed by atoms with Crippen LogP contribution in [0, 0.1) is 5.82 Å². The van der Waals surface area contributed by atoms with Crippen LogP contribution >= 0.6 is 15.9 Å². The highest BCUT2D eigenvalue weighted by atomic mass is 79.9. The molecule has 0 bridgehead atoms. The monoisotopic (exact) mass is 325 g/mol. The van der Waals surface area contributed by atoms with E-state index in [2.05, 4.69) is 26.3 Å². The summed E-state index contributed by atoms with van der Waals surface area (Å²) >= 11 is 3.37. The summed E-state index contributed by atoms with van der Waals surface area (Å²) in [6, 6.07) is 4.99. The van der Waals surface area contributed by atoms with E-state index in [-0.39, 0.29) is 11.9 Å². The third-order valence-corrected chi connectivity index (χ3v) is 3.54. The Hall–Kier alpha value is -1.20. The molecule has 1 atom stereocenters. The van der Waals surface area contributed by atoms with Gasteiger partial charge in [-0.05, 0) is 43.7 Å². The molecule has 1 unspecified atom stereocenters. The van der Waals surface area contributed by atoms with E-state index >= 15 is 0 Å². The van der Waals surface area contributed by atoms with Crippen molar-refractivity contribution in [2.45, 2.75) is 19.4 Å². The Morgan fingerprint density at radius 1 is 1.47 bits per heavy atom. The average molecular weight is 326 g/mol. The molecule has 0 amide bonds. The van der Waals surface area contributed by atoms with Gasteiger partial charge in [-0.3, -0.25) is 4.68 Å². The van der Waals surface area contributed by atoms with E-state index in [0.717, 1.165) is 17.4 Å². The van der Waals surface area contributed by atoms with Crippen molar-refractivity contribution < 1.29 is 4.39 Å². The Kier molecular flexibility index (Phi) is 4.71. The Balaban J connectivity index is 1.90. The highest BCUT2D eigenvalue weighted by molar-refractivity contribution is 9.10. The predicted molar refractivity (Wildman–Crippen MR) is 77.4 cm³/mol. The molecule has 0 saturated heterocycles. The maximum atomic E-state index is 13.7. The van der Waals surface area contributed by atoms with Crippen molar-refractivity contribution in [3.8, 4) is 0 Å². The summed E-state index contributed by atoms with van der Waals surface area (Å²) in [6.07, 6.45) is 4.73. The fraction of sp³-hybridized carbons (Fsp3) is 0.357. The second-order valence-electron chi connectivity index (χ2n) is 4.61. The van der Waals surface area contributed by atoms with Crippen LogP contribution in [0.2, 0.25) is 0 Å². The largest absolute Gasteiger partial charge is 0.310 e. The second-order valence-corrected chi connectivity index (χ2v) is 5.53. The van der Waals surface area contributed by atoms with E-state index in [1.54, 1.807) is 10.7 Å². The van der Waals surface area contributed by atoms with Gasteiger partial charge in [-0.2, -0.15) is 5.10 Å². The first-order valence-electron chi connectivity index (χ1n) is 6.22. The third-order valence-electron chi connectivity index (χ3n) is 3.05. The molecule has 0 aliphatic carbocycles. The number of aryl methyl sites for hydroxylation is 1. The number of halogens is 2. The van der Waals surface area contributed by atoms with Gasteiger partial charge >= 0.3 is 0 Å². The summed E-state index contributed by atoms with van der Waals surface area (Å²) in [6.45, 7) is 2.76. The quantitative estimate of drug-likeness (QED) is 0.914. The molecule has 19 heavy (non-hydrogen) atoms. The Labute approximate surface area is 121 Å². The number of hydrogen-bond donors (Lipinski definition) is 1. The lowest BCUT2D eigenvalue weighted by Crippen LogP contribution is -2.22. The minimum absolute atomic E-state index is 0.0193. The van der Waals surface area contributed by atoms with Crippen molar-refractivity contribution in [1.29, 1.82) is 0 Å². The zero-order valence-corrected chi connectivity index (χ0v) is 12.6. The summed E-state index contributed by atoms with van der Waals surface area (Å²) in [5.74, 6) is -0.176. The van der Waals surface area contributed by atoms with Gasteiger partial charge < -0.3 is 5.32 Å². The smallest absolute Gasteiger partial charge is 0.128 e. The van der Waals surface area contributed by atoms with Gasteiger partial charge in [-0.25, -0.2) is 4.39 Å². The van der Waals surface area contributed by atoms with E-state index in [4.69, 9.17) is 0 Å². The lowest BCUT2D eigenvalue weighted by atomic mass is 10.1. The van der Waals surface area contributed by atoms with Crippen molar-refractivity contribution in [1.82, 2.24) is 15.1 Å². The van der Waals surface area contributed by atoms with Crippen LogP contribution in [-0.2, 0) is 13.5 Å². The second kappa shape index (κ2) is 6.30. The Morgan fingerprint density at radius 3 is 2.95 bits per heavy atom. The van der Waals surface area contributed by atoms with Gasteiger partial charge in [0.2, 0.25) is 0 Å². The fourth-order valence-electron chi connectivity index (χ4n) is 1.99. The van der Waals surface area contributed by atoms with Crippen LogP contribution in [0.25, 0.3) is 0 Å². The molecule has 0 spiro atoms. The fourth-order valence-corrected chi connectivity index (χ4v) is 2.37. The van der Waals surface area contributed by atoms with Crippen LogP contribution in [0.1, 0.15) is 24.1 Å². The van der Waals surface area contributed by atoms with Crippen LogP contribution in [-0.4, -0.2) is 16.3 Å². The maximum absolute atomic E-state index is 13.7. The first-order chi connectivity index (χ1) is 9.06. The summed E-state index contributed by atoms with van der Waals surface area (Å²) in [5, 5.41) is 7.45. The molecule has 3 nitrogen and oxygen atoms in total. The summed E-state index contributed by atoms with van der Waals surface area (Å²) in [4.78, 5) is 0. The lowest BCUT2D eigenvalue weighted by Gasteiger charge is -2.15. The lowest BCUT2D eigenvalue weighted by molar-refractivity contribution is 0.530. The molecule has 5 heteroatoms. The van der Waals surface area contributed by atoms with Gasteiger partial charge in [-0.1, -0.05) is 15.9 Å². The van der Waals surface area contributed by atoms with Crippen LogP contribution in [0.15, 0.2) is 35.1 Å². The molecule has 2 rings (SSSR count). The molecule has 2 aromatic rings. The third kappa shape index (κ3) is 3.88. The average Bonchev–Trinajstić information content (AvgIpc) is 2.78. The molecule has 0 fully saturated rings. The van der Waals surface area contributed by atoms with Crippen molar-refractivity contribution >= 4 is 15.9 Å². The summed E-state index contributed by atoms with van der Waals surface area (Å²) < 4.78 is 16.4. The van der Waals surface area contributed by atoms with Gasteiger partial charge in [-0.15, -0.1) is 0 Å². The van der Waals surface area contributed by atoms with Crippen LogP contribution < -0.4 is 5.32 Å². The van der Waals surface area contributed by atoms with Gasteiger partial charge in [0.05, 0.1) is 6.20 Å². The van der Waals surface area contributed by atoms with Crippen LogP contribution in [0.5, 0.6) is 0 Å². The van der Waals surface area contributed by atoms with E-state index in [1.807, 2.05) is 32.4 Å². The minimum Gasteiger partial charge on any atom is -0.310 e. The number of hydrogen-bond acceptors (Lipinski definition) is 2.